The number of carbonyl (C=O) groups excluding carboxylic acids is 1. The molecule has 3 rings (SSSR count). The van der Waals surface area contributed by atoms with Gasteiger partial charge in [0.1, 0.15) is 5.75 Å². The van der Waals surface area contributed by atoms with Crippen molar-refractivity contribution in [3.63, 3.8) is 0 Å². The zero-order valence-corrected chi connectivity index (χ0v) is 12.4. The molecule has 1 amide bonds. The number of amides is 1. The van der Waals surface area contributed by atoms with E-state index >= 15 is 0 Å². The zero-order valence-electron chi connectivity index (χ0n) is 12.4. The van der Waals surface area contributed by atoms with Crippen LogP contribution in [0, 0.1) is 0 Å². The van der Waals surface area contributed by atoms with E-state index in [1.807, 2.05) is 0 Å². The van der Waals surface area contributed by atoms with Crippen LogP contribution in [0.4, 0.5) is 18.9 Å². The number of ether oxygens (including phenoxy) is 1. The largest absolute Gasteiger partial charge is 0.573 e. The quantitative estimate of drug-likeness (QED) is 0.783. The molecule has 0 aliphatic heterocycles. The number of hydrogen-bond acceptors (Lipinski definition) is 5. The molecule has 0 fully saturated rings. The number of rotatable bonds is 4. The van der Waals surface area contributed by atoms with Crippen molar-refractivity contribution in [2.45, 2.75) is 6.36 Å². The third-order valence-electron chi connectivity index (χ3n) is 2.96. The van der Waals surface area contributed by atoms with Crippen LogP contribution >= 0.6 is 0 Å². The number of halogens is 3. The molecule has 128 valence electrons. The number of alkyl halides is 3. The van der Waals surface area contributed by atoms with Crippen LogP contribution in [0.1, 0.15) is 10.4 Å². The Hall–Kier alpha value is -3.43. The highest BCUT2D eigenvalue weighted by Crippen LogP contribution is 2.23. The Morgan fingerprint density at radius 1 is 1.12 bits per heavy atom. The van der Waals surface area contributed by atoms with Crippen LogP contribution in [-0.2, 0) is 0 Å². The predicted molar refractivity (Wildman–Crippen MR) is 80.2 cm³/mol. The van der Waals surface area contributed by atoms with Crippen LogP contribution in [0.3, 0.4) is 0 Å². The van der Waals surface area contributed by atoms with E-state index in [4.69, 9.17) is 0 Å². The van der Waals surface area contributed by atoms with Gasteiger partial charge < -0.3 is 10.1 Å². The summed E-state index contributed by atoms with van der Waals surface area (Å²) in [5.74, 6) is -0.596. The van der Waals surface area contributed by atoms with E-state index in [0.29, 0.717) is 11.6 Å². The van der Waals surface area contributed by atoms with Crippen LogP contribution in [0.5, 0.6) is 5.75 Å². The molecule has 0 aliphatic carbocycles. The van der Waals surface area contributed by atoms with E-state index in [-0.39, 0.29) is 5.56 Å². The molecule has 7 nitrogen and oxygen atoms in total. The summed E-state index contributed by atoms with van der Waals surface area (Å²) >= 11 is 0. The van der Waals surface area contributed by atoms with Crippen molar-refractivity contribution in [2.24, 2.45) is 0 Å². The Morgan fingerprint density at radius 3 is 2.36 bits per heavy atom. The third-order valence-corrected chi connectivity index (χ3v) is 2.96. The van der Waals surface area contributed by atoms with E-state index < -0.39 is 18.0 Å². The molecule has 3 aromatic rings. The lowest BCUT2D eigenvalue weighted by Gasteiger charge is -2.09. The summed E-state index contributed by atoms with van der Waals surface area (Å²) < 4.78 is 41.5. The molecule has 0 radical (unpaired) electrons. The predicted octanol–water partition coefficient (Wildman–Crippen LogP) is 2.81. The maximum absolute atomic E-state index is 12.1. The van der Waals surface area contributed by atoms with Crippen molar-refractivity contribution in [3.8, 4) is 11.7 Å². The van der Waals surface area contributed by atoms with Crippen LogP contribution in [0.2, 0.25) is 0 Å². The van der Waals surface area contributed by atoms with E-state index in [0.717, 1.165) is 12.1 Å². The number of nitrogens with one attached hydrogen (secondary N) is 1. The molecule has 0 bridgehead atoms. The van der Waals surface area contributed by atoms with Gasteiger partial charge in [-0.1, -0.05) is 0 Å². The summed E-state index contributed by atoms with van der Waals surface area (Å²) in [5, 5.41) is 6.51. The molecule has 1 aromatic carbocycles. The third kappa shape index (κ3) is 4.31. The highest BCUT2D eigenvalue weighted by molar-refractivity contribution is 6.04. The van der Waals surface area contributed by atoms with E-state index in [1.54, 1.807) is 18.5 Å². The van der Waals surface area contributed by atoms with Crippen molar-refractivity contribution in [2.75, 3.05) is 5.32 Å². The minimum Gasteiger partial charge on any atom is -0.406 e. The van der Waals surface area contributed by atoms with Gasteiger partial charge in [0.25, 0.3) is 11.9 Å². The minimum atomic E-state index is -4.78. The smallest absolute Gasteiger partial charge is 0.406 e. The maximum atomic E-state index is 12.1. The molecule has 2 heterocycles. The number of hydrogen-bond donors (Lipinski definition) is 1. The van der Waals surface area contributed by atoms with Gasteiger partial charge in [-0.2, -0.15) is 5.10 Å². The number of aromatic nitrogens is 4. The Balaban J connectivity index is 1.65. The Kier molecular flexibility index (Phi) is 4.33. The summed E-state index contributed by atoms with van der Waals surface area (Å²) in [5.41, 5.74) is 0.488. The van der Waals surface area contributed by atoms with Gasteiger partial charge in [-0.3, -0.25) is 4.79 Å². The lowest BCUT2D eigenvalue weighted by Crippen LogP contribution is -2.17. The van der Waals surface area contributed by atoms with Crippen molar-refractivity contribution in [1.82, 2.24) is 19.7 Å². The van der Waals surface area contributed by atoms with E-state index in [2.05, 4.69) is 25.1 Å². The fraction of sp³-hybridized carbons (Fsp3) is 0.0667. The number of nitrogens with zero attached hydrogens (tertiary/aromatic N) is 4. The highest BCUT2D eigenvalue weighted by atomic mass is 19.4. The van der Waals surface area contributed by atoms with Crippen LogP contribution in [-0.4, -0.2) is 32.0 Å². The zero-order chi connectivity index (χ0) is 17.9. The van der Waals surface area contributed by atoms with Gasteiger partial charge in [-0.15, -0.1) is 13.2 Å². The normalized spacial score (nSPS) is 11.2. The van der Waals surface area contributed by atoms with Gasteiger partial charge >= 0.3 is 6.36 Å². The molecule has 25 heavy (non-hydrogen) atoms. The second kappa shape index (κ2) is 6.59. The fourth-order valence-corrected chi connectivity index (χ4v) is 1.90. The number of anilines is 1. The van der Waals surface area contributed by atoms with Crippen LogP contribution in [0.15, 0.2) is 55.1 Å². The van der Waals surface area contributed by atoms with Crippen molar-refractivity contribution >= 4 is 11.6 Å². The summed E-state index contributed by atoms with van der Waals surface area (Å²) in [4.78, 5) is 20.2. The lowest BCUT2D eigenvalue weighted by atomic mass is 10.2. The Morgan fingerprint density at radius 2 is 1.80 bits per heavy atom. The first kappa shape index (κ1) is 16.4. The summed E-state index contributed by atoms with van der Waals surface area (Å²) in [7, 11) is 0. The second-order valence-electron chi connectivity index (χ2n) is 4.75. The van der Waals surface area contributed by atoms with E-state index in [9.17, 15) is 18.0 Å². The van der Waals surface area contributed by atoms with Crippen molar-refractivity contribution in [3.05, 3.63) is 60.7 Å². The SMILES string of the molecule is O=C(Nc1cnc(-n2cccn2)nc1)c1ccc(OC(F)(F)F)cc1. The van der Waals surface area contributed by atoms with E-state index in [1.165, 1.54) is 29.2 Å². The van der Waals surface area contributed by atoms with Gasteiger partial charge in [-0.25, -0.2) is 14.6 Å². The molecule has 0 aliphatic rings. The van der Waals surface area contributed by atoms with Gasteiger partial charge in [0, 0.05) is 18.0 Å². The first-order valence-corrected chi connectivity index (χ1v) is 6.90. The van der Waals surface area contributed by atoms with Crippen LogP contribution in [0.25, 0.3) is 5.95 Å². The molecule has 0 atom stereocenters. The first-order chi connectivity index (χ1) is 11.9. The van der Waals surface area contributed by atoms with Gasteiger partial charge in [0.15, 0.2) is 0 Å². The molecule has 0 spiro atoms. The van der Waals surface area contributed by atoms with Crippen LogP contribution < -0.4 is 10.1 Å². The standard InChI is InChI=1S/C15H10F3N5O2/c16-15(17,18)25-12-4-2-10(3-5-12)13(24)22-11-8-19-14(20-9-11)23-7-1-6-21-23/h1-9H,(H,22,24). The maximum Gasteiger partial charge on any atom is 0.573 e. The number of carbonyl (C=O) groups is 1. The summed E-state index contributed by atoms with van der Waals surface area (Å²) in [6, 6.07) is 6.26. The molecular weight excluding hydrogens is 339 g/mol. The topological polar surface area (TPSA) is 81.9 Å². The monoisotopic (exact) mass is 349 g/mol. The van der Waals surface area contributed by atoms with Crippen molar-refractivity contribution in [1.29, 1.82) is 0 Å². The lowest BCUT2D eigenvalue weighted by molar-refractivity contribution is -0.274. The van der Waals surface area contributed by atoms with Gasteiger partial charge in [0.05, 0.1) is 18.1 Å². The fourth-order valence-electron chi connectivity index (χ4n) is 1.90. The molecule has 0 saturated carbocycles. The molecule has 0 unspecified atom stereocenters. The Bertz CT molecular complexity index is 846. The van der Waals surface area contributed by atoms with Gasteiger partial charge in [0.2, 0.25) is 0 Å². The first-order valence-electron chi connectivity index (χ1n) is 6.90. The number of benzene rings is 1. The Labute approximate surface area is 139 Å². The van der Waals surface area contributed by atoms with Gasteiger partial charge in [-0.05, 0) is 30.3 Å². The average Bonchev–Trinajstić information content (AvgIpc) is 3.09. The molecule has 0 saturated heterocycles. The molecule has 10 heteroatoms. The second-order valence-corrected chi connectivity index (χ2v) is 4.75. The van der Waals surface area contributed by atoms with Crippen molar-refractivity contribution < 1.29 is 22.7 Å². The summed E-state index contributed by atoms with van der Waals surface area (Å²) in [6.45, 7) is 0. The minimum absolute atomic E-state index is 0.158. The average molecular weight is 349 g/mol. The summed E-state index contributed by atoms with van der Waals surface area (Å²) in [6.07, 6.45) is 1.24. The molecule has 1 N–H and O–H groups in total. The molecular formula is C15H10F3N5O2. The molecule has 2 aromatic heterocycles. The highest BCUT2D eigenvalue weighted by Gasteiger charge is 2.31.